The predicted octanol–water partition coefficient (Wildman–Crippen LogP) is 2.50. The van der Waals surface area contributed by atoms with Gasteiger partial charge in [-0.3, -0.25) is 0 Å². The summed E-state index contributed by atoms with van der Waals surface area (Å²) in [5.41, 5.74) is 5.60. The molecule has 6 heteroatoms. The van der Waals surface area contributed by atoms with Gasteiger partial charge in [0.25, 0.3) is 0 Å². The molecule has 0 amide bonds. The lowest BCUT2D eigenvalue weighted by atomic mass is 10.2. The summed E-state index contributed by atoms with van der Waals surface area (Å²) < 4.78 is 28.2. The Balaban J connectivity index is 2.66. The summed E-state index contributed by atoms with van der Waals surface area (Å²) in [5.74, 6) is -1.96. The molecule has 1 aromatic carbocycles. The molecule has 0 saturated carbocycles. The summed E-state index contributed by atoms with van der Waals surface area (Å²) in [7, 11) is 0. The van der Waals surface area contributed by atoms with Gasteiger partial charge in [-0.1, -0.05) is 0 Å². The van der Waals surface area contributed by atoms with Gasteiger partial charge in [0.05, 0.1) is 16.4 Å². The first-order chi connectivity index (χ1) is 7.09. The van der Waals surface area contributed by atoms with E-state index in [1.54, 1.807) is 0 Å². The first kappa shape index (κ1) is 10.1. The lowest BCUT2D eigenvalue weighted by molar-refractivity contribution is 0.502. The van der Waals surface area contributed by atoms with Gasteiger partial charge in [0.15, 0.2) is 11.6 Å². The van der Waals surface area contributed by atoms with Crippen molar-refractivity contribution >= 4 is 21.6 Å². The van der Waals surface area contributed by atoms with Crippen LogP contribution >= 0.6 is 15.9 Å². The second-order valence-electron chi connectivity index (χ2n) is 2.90. The fraction of sp³-hybridized carbons (Fsp3) is 0. The molecule has 2 aromatic rings. The molecule has 0 spiro atoms. The van der Waals surface area contributed by atoms with Crippen LogP contribution in [0.15, 0.2) is 29.0 Å². The largest absolute Gasteiger partial charge is 0.397 e. The third-order valence-corrected chi connectivity index (χ3v) is 2.29. The van der Waals surface area contributed by atoms with E-state index in [0.29, 0.717) is 4.47 Å². The molecular weight excluding hydrogens is 268 g/mol. The van der Waals surface area contributed by atoms with Crippen molar-refractivity contribution in [1.82, 2.24) is 9.78 Å². The molecule has 2 N–H and O–H groups in total. The second kappa shape index (κ2) is 3.62. The van der Waals surface area contributed by atoms with Gasteiger partial charge in [-0.25, -0.2) is 13.5 Å². The summed E-state index contributed by atoms with van der Waals surface area (Å²) in [6, 6.07) is 2.27. The first-order valence-corrected chi connectivity index (χ1v) is 4.83. The maximum atomic E-state index is 13.4. The summed E-state index contributed by atoms with van der Waals surface area (Å²) >= 11 is 3.16. The predicted molar refractivity (Wildman–Crippen MR) is 55.6 cm³/mol. The number of rotatable bonds is 1. The number of nitrogen functional groups attached to an aromatic ring is 1. The lowest BCUT2D eigenvalue weighted by Gasteiger charge is -2.06. The molecule has 0 aliphatic rings. The Morgan fingerprint density at radius 3 is 2.67 bits per heavy atom. The number of anilines is 1. The fourth-order valence-electron chi connectivity index (χ4n) is 1.21. The molecule has 3 nitrogen and oxygen atoms in total. The standard InChI is InChI=1S/C9H6BrF2N3/c10-5-3-14-15(4-5)9-7(13)2-1-6(11)8(9)12/h1-4H,13H2. The molecule has 0 bridgehead atoms. The van der Waals surface area contributed by atoms with Crippen molar-refractivity contribution < 1.29 is 8.78 Å². The highest BCUT2D eigenvalue weighted by Crippen LogP contribution is 2.23. The van der Waals surface area contributed by atoms with Crippen molar-refractivity contribution in [3.8, 4) is 5.69 Å². The monoisotopic (exact) mass is 273 g/mol. The van der Waals surface area contributed by atoms with Gasteiger partial charge in [-0.15, -0.1) is 0 Å². The van der Waals surface area contributed by atoms with Gasteiger partial charge in [-0.05, 0) is 28.1 Å². The molecule has 78 valence electrons. The molecule has 0 aliphatic carbocycles. The molecule has 0 aliphatic heterocycles. The van der Waals surface area contributed by atoms with Gasteiger partial charge >= 0.3 is 0 Å². The molecule has 0 atom stereocenters. The smallest absolute Gasteiger partial charge is 0.186 e. The minimum absolute atomic E-state index is 0.0827. The summed E-state index contributed by atoms with van der Waals surface area (Å²) in [5, 5.41) is 3.83. The Hall–Kier alpha value is -1.43. The molecular formula is C9H6BrF2N3. The van der Waals surface area contributed by atoms with Crippen LogP contribution in [0.3, 0.4) is 0 Å². The van der Waals surface area contributed by atoms with Crippen LogP contribution in [0.5, 0.6) is 0 Å². The van der Waals surface area contributed by atoms with Crippen molar-refractivity contribution in [2.75, 3.05) is 5.73 Å². The lowest BCUT2D eigenvalue weighted by Crippen LogP contribution is -2.05. The highest BCUT2D eigenvalue weighted by molar-refractivity contribution is 9.10. The molecule has 1 heterocycles. The Morgan fingerprint density at radius 1 is 1.33 bits per heavy atom. The SMILES string of the molecule is Nc1ccc(F)c(F)c1-n1cc(Br)cn1. The highest BCUT2D eigenvalue weighted by atomic mass is 79.9. The van der Waals surface area contributed by atoms with Crippen LogP contribution in [0.2, 0.25) is 0 Å². The maximum absolute atomic E-state index is 13.4. The molecule has 15 heavy (non-hydrogen) atoms. The number of hydrogen-bond acceptors (Lipinski definition) is 2. The van der Waals surface area contributed by atoms with Crippen LogP contribution < -0.4 is 5.73 Å². The van der Waals surface area contributed by atoms with Crippen LogP contribution in [0, 0.1) is 11.6 Å². The molecule has 0 unspecified atom stereocenters. The third-order valence-electron chi connectivity index (χ3n) is 1.88. The molecule has 2 rings (SSSR count). The number of nitrogens with zero attached hydrogens (tertiary/aromatic N) is 2. The van der Waals surface area contributed by atoms with Crippen molar-refractivity contribution in [1.29, 1.82) is 0 Å². The topological polar surface area (TPSA) is 43.8 Å². The van der Waals surface area contributed by atoms with Crippen molar-refractivity contribution in [3.05, 3.63) is 40.6 Å². The maximum Gasteiger partial charge on any atom is 0.186 e. The van der Waals surface area contributed by atoms with Crippen LogP contribution in [-0.2, 0) is 0 Å². The Morgan fingerprint density at radius 2 is 2.07 bits per heavy atom. The van der Waals surface area contributed by atoms with Gasteiger partial charge in [-0.2, -0.15) is 5.10 Å². The average Bonchev–Trinajstić information content (AvgIpc) is 2.59. The summed E-state index contributed by atoms with van der Waals surface area (Å²) in [6.07, 6.45) is 2.96. The zero-order valence-corrected chi connectivity index (χ0v) is 9.00. The van der Waals surface area contributed by atoms with E-state index in [1.165, 1.54) is 23.1 Å². The molecule has 1 aromatic heterocycles. The number of halogens is 3. The van der Waals surface area contributed by atoms with E-state index >= 15 is 0 Å². The van der Waals surface area contributed by atoms with Gasteiger partial charge < -0.3 is 5.73 Å². The minimum atomic E-state index is -1.01. The van der Waals surface area contributed by atoms with Crippen molar-refractivity contribution in [2.45, 2.75) is 0 Å². The van der Waals surface area contributed by atoms with E-state index in [1.807, 2.05) is 0 Å². The fourth-order valence-corrected chi connectivity index (χ4v) is 1.50. The Kier molecular flexibility index (Phi) is 2.44. The van der Waals surface area contributed by atoms with Gasteiger partial charge in [0.2, 0.25) is 0 Å². The van der Waals surface area contributed by atoms with E-state index in [2.05, 4.69) is 21.0 Å². The van der Waals surface area contributed by atoms with Crippen molar-refractivity contribution in [3.63, 3.8) is 0 Å². The van der Waals surface area contributed by atoms with E-state index in [4.69, 9.17) is 5.73 Å². The van der Waals surface area contributed by atoms with Gasteiger partial charge in [0, 0.05) is 6.20 Å². The zero-order valence-electron chi connectivity index (χ0n) is 7.42. The molecule has 0 radical (unpaired) electrons. The van der Waals surface area contributed by atoms with E-state index in [0.717, 1.165) is 6.07 Å². The molecule has 0 saturated heterocycles. The first-order valence-electron chi connectivity index (χ1n) is 4.03. The Bertz CT molecular complexity index is 510. The van der Waals surface area contributed by atoms with Crippen LogP contribution in [0.4, 0.5) is 14.5 Å². The highest BCUT2D eigenvalue weighted by Gasteiger charge is 2.14. The minimum Gasteiger partial charge on any atom is -0.397 e. The Labute approximate surface area is 92.6 Å². The quantitative estimate of drug-likeness (QED) is 0.812. The molecule has 0 fully saturated rings. The number of benzene rings is 1. The van der Waals surface area contributed by atoms with Crippen LogP contribution in [0.1, 0.15) is 0 Å². The normalized spacial score (nSPS) is 10.6. The number of nitrogens with two attached hydrogens (primary N) is 1. The van der Waals surface area contributed by atoms with Crippen molar-refractivity contribution in [2.24, 2.45) is 0 Å². The average molecular weight is 274 g/mol. The second-order valence-corrected chi connectivity index (χ2v) is 3.82. The van der Waals surface area contributed by atoms with E-state index < -0.39 is 11.6 Å². The number of hydrogen-bond donors (Lipinski definition) is 1. The summed E-state index contributed by atoms with van der Waals surface area (Å²) in [6.45, 7) is 0. The summed E-state index contributed by atoms with van der Waals surface area (Å²) in [4.78, 5) is 0. The third kappa shape index (κ3) is 1.72. The zero-order chi connectivity index (χ0) is 11.0. The van der Waals surface area contributed by atoms with E-state index in [-0.39, 0.29) is 11.4 Å². The number of aromatic nitrogens is 2. The van der Waals surface area contributed by atoms with Gasteiger partial charge in [0.1, 0.15) is 5.69 Å². The van der Waals surface area contributed by atoms with Crippen LogP contribution in [-0.4, -0.2) is 9.78 Å². The van der Waals surface area contributed by atoms with Crippen LogP contribution in [0.25, 0.3) is 5.69 Å². The van der Waals surface area contributed by atoms with E-state index in [9.17, 15) is 8.78 Å².